The Hall–Kier alpha value is -3.21. The molecule has 0 aliphatic heterocycles. The number of hydrogen-bond donors (Lipinski definition) is 1. The van der Waals surface area contributed by atoms with Gasteiger partial charge in [-0.3, -0.25) is 9.78 Å². The summed E-state index contributed by atoms with van der Waals surface area (Å²) in [5.41, 5.74) is 3.86. The number of nitrogens with one attached hydrogen (secondary N) is 1. The zero-order valence-corrected chi connectivity index (χ0v) is 16.4. The van der Waals surface area contributed by atoms with Crippen LogP contribution in [-0.2, 0) is 22.5 Å². The first kappa shape index (κ1) is 19.5. The maximum Gasteiger partial charge on any atom is 0.339 e. The van der Waals surface area contributed by atoms with Crippen LogP contribution >= 0.6 is 0 Å². The third-order valence-corrected chi connectivity index (χ3v) is 4.74. The number of amides is 1. The van der Waals surface area contributed by atoms with Crippen LogP contribution in [0, 0.1) is 6.92 Å². The lowest BCUT2D eigenvalue weighted by atomic mass is 10.0. The Morgan fingerprint density at radius 3 is 2.46 bits per heavy atom. The average Bonchev–Trinajstić information content (AvgIpc) is 2.72. The third-order valence-electron chi connectivity index (χ3n) is 4.74. The van der Waals surface area contributed by atoms with Crippen molar-refractivity contribution in [3.05, 3.63) is 77.0 Å². The van der Waals surface area contributed by atoms with E-state index >= 15 is 0 Å². The van der Waals surface area contributed by atoms with Gasteiger partial charge < -0.3 is 10.1 Å². The molecule has 0 aliphatic carbocycles. The lowest BCUT2D eigenvalue weighted by molar-refractivity contribution is -0.129. The Morgan fingerprint density at radius 1 is 1.07 bits per heavy atom. The topological polar surface area (TPSA) is 68.3 Å². The molecule has 0 saturated heterocycles. The minimum absolute atomic E-state index is 0.330. The minimum atomic E-state index is -0.896. The van der Waals surface area contributed by atoms with Gasteiger partial charge in [-0.25, -0.2) is 4.79 Å². The Bertz CT molecular complexity index is 999. The van der Waals surface area contributed by atoms with Crippen LogP contribution in [0.4, 0.5) is 0 Å². The molecule has 3 rings (SSSR count). The second kappa shape index (κ2) is 8.65. The van der Waals surface area contributed by atoms with E-state index in [1.807, 2.05) is 68.4 Å². The standard InChI is InChI=1S/C23H24N2O3/c1-4-19-15(2)21(18-12-8-9-13-20(18)25-19)23(27)28-16(3)22(26)24-14-17-10-6-5-7-11-17/h5-13,16H,4,14H2,1-3H3,(H,24,26)/t16-/m0/s1. The maximum absolute atomic E-state index is 12.9. The monoisotopic (exact) mass is 376 g/mol. The molecule has 1 atom stereocenters. The van der Waals surface area contributed by atoms with Crippen molar-refractivity contribution in [3.63, 3.8) is 0 Å². The van der Waals surface area contributed by atoms with Crippen molar-refractivity contribution in [2.24, 2.45) is 0 Å². The summed E-state index contributed by atoms with van der Waals surface area (Å²) in [6.45, 7) is 5.84. The largest absolute Gasteiger partial charge is 0.449 e. The van der Waals surface area contributed by atoms with Crippen LogP contribution in [-0.4, -0.2) is 23.0 Å². The molecule has 3 aromatic rings. The van der Waals surface area contributed by atoms with Gasteiger partial charge in [-0.2, -0.15) is 0 Å². The van der Waals surface area contributed by atoms with E-state index in [1.165, 1.54) is 0 Å². The summed E-state index contributed by atoms with van der Waals surface area (Å²) in [6.07, 6.45) is -0.183. The van der Waals surface area contributed by atoms with E-state index < -0.39 is 12.1 Å². The normalized spacial score (nSPS) is 11.8. The molecule has 0 spiro atoms. The molecule has 2 aromatic carbocycles. The second-order valence-electron chi connectivity index (χ2n) is 6.68. The first-order valence-electron chi connectivity index (χ1n) is 9.42. The van der Waals surface area contributed by atoms with Crippen molar-refractivity contribution in [1.29, 1.82) is 0 Å². The predicted octanol–water partition coefficient (Wildman–Crippen LogP) is 3.97. The van der Waals surface area contributed by atoms with Gasteiger partial charge in [-0.05, 0) is 37.5 Å². The highest BCUT2D eigenvalue weighted by molar-refractivity contribution is 6.05. The fraction of sp³-hybridized carbons (Fsp3) is 0.261. The number of aromatic nitrogens is 1. The number of aryl methyl sites for hydroxylation is 1. The second-order valence-corrected chi connectivity index (χ2v) is 6.68. The quantitative estimate of drug-likeness (QED) is 0.661. The number of nitrogens with zero attached hydrogens (tertiary/aromatic N) is 1. The van der Waals surface area contributed by atoms with Crippen LogP contribution in [0.3, 0.4) is 0 Å². The molecule has 28 heavy (non-hydrogen) atoms. The number of ether oxygens (including phenoxy) is 1. The first-order valence-corrected chi connectivity index (χ1v) is 9.42. The Kier molecular flexibility index (Phi) is 6.04. The summed E-state index contributed by atoms with van der Waals surface area (Å²) in [7, 11) is 0. The van der Waals surface area contributed by atoms with E-state index in [4.69, 9.17) is 4.74 Å². The van der Waals surface area contributed by atoms with E-state index in [1.54, 1.807) is 6.92 Å². The average molecular weight is 376 g/mol. The number of benzene rings is 2. The molecule has 1 amide bonds. The van der Waals surface area contributed by atoms with E-state index in [2.05, 4.69) is 10.3 Å². The number of hydrogen-bond acceptors (Lipinski definition) is 4. The lowest BCUT2D eigenvalue weighted by Crippen LogP contribution is -2.35. The zero-order chi connectivity index (χ0) is 20.1. The molecule has 5 nitrogen and oxygen atoms in total. The maximum atomic E-state index is 12.9. The Balaban J connectivity index is 1.77. The SMILES string of the molecule is CCc1nc2ccccc2c(C(=O)O[C@@H](C)C(=O)NCc2ccccc2)c1C. The molecular formula is C23H24N2O3. The minimum Gasteiger partial charge on any atom is -0.449 e. The van der Waals surface area contributed by atoms with E-state index in [0.717, 1.165) is 27.7 Å². The predicted molar refractivity (Wildman–Crippen MR) is 109 cm³/mol. The Morgan fingerprint density at radius 2 is 1.75 bits per heavy atom. The van der Waals surface area contributed by atoms with E-state index in [0.29, 0.717) is 18.5 Å². The van der Waals surface area contributed by atoms with Gasteiger partial charge >= 0.3 is 5.97 Å². The first-order chi connectivity index (χ1) is 13.5. The number of fused-ring (bicyclic) bond motifs is 1. The molecule has 5 heteroatoms. The summed E-state index contributed by atoms with van der Waals surface area (Å²) in [5.74, 6) is -0.836. The van der Waals surface area contributed by atoms with Crippen LogP contribution in [0.15, 0.2) is 54.6 Å². The van der Waals surface area contributed by atoms with Gasteiger partial charge in [0.1, 0.15) is 0 Å². The van der Waals surface area contributed by atoms with E-state index in [-0.39, 0.29) is 5.91 Å². The van der Waals surface area contributed by atoms with Crippen molar-refractivity contribution in [2.75, 3.05) is 0 Å². The number of carbonyl (C=O) groups is 2. The molecule has 0 bridgehead atoms. The van der Waals surface area contributed by atoms with Crippen LogP contribution in [0.25, 0.3) is 10.9 Å². The van der Waals surface area contributed by atoms with Crippen LogP contribution in [0.5, 0.6) is 0 Å². The summed E-state index contributed by atoms with van der Waals surface area (Å²) in [6, 6.07) is 17.1. The van der Waals surface area contributed by atoms with Gasteiger partial charge in [-0.15, -0.1) is 0 Å². The lowest BCUT2D eigenvalue weighted by Gasteiger charge is -2.17. The molecular weight excluding hydrogens is 352 g/mol. The van der Waals surface area contributed by atoms with Crippen molar-refractivity contribution < 1.29 is 14.3 Å². The summed E-state index contributed by atoms with van der Waals surface area (Å²) >= 11 is 0. The number of pyridine rings is 1. The number of rotatable bonds is 6. The fourth-order valence-electron chi connectivity index (χ4n) is 3.17. The summed E-state index contributed by atoms with van der Waals surface area (Å²) in [4.78, 5) is 29.9. The third kappa shape index (κ3) is 4.19. The highest BCUT2D eigenvalue weighted by Crippen LogP contribution is 2.24. The molecule has 0 fully saturated rings. The van der Waals surface area contributed by atoms with Crippen LogP contribution < -0.4 is 5.32 Å². The summed E-state index contributed by atoms with van der Waals surface area (Å²) in [5, 5.41) is 3.54. The molecule has 0 saturated carbocycles. The zero-order valence-electron chi connectivity index (χ0n) is 16.4. The number of carbonyl (C=O) groups excluding carboxylic acids is 2. The molecule has 0 unspecified atom stereocenters. The van der Waals surface area contributed by atoms with Gasteiger partial charge in [0.25, 0.3) is 5.91 Å². The van der Waals surface area contributed by atoms with Gasteiger partial charge in [0.05, 0.1) is 11.1 Å². The Labute approximate surface area is 164 Å². The van der Waals surface area contributed by atoms with Gasteiger partial charge in [0.2, 0.25) is 0 Å². The molecule has 0 radical (unpaired) electrons. The van der Waals surface area contributed by atoms with Crippen molar-refractivity contribution in [3.8, 4) is 0 Å². The smallest absolute Gasteiger partial charge is 0.339 e. The number of para-hydroxylation sites is 1. The molecule has 1 N–H and O–H groups in total. The highest BCUT2D eigenvalue weighted by Gasteiger charge is 2.23. The molecule has 1 aromatic heterocycles. The van der Waals surface area contributed by atoms with Crippen molar-refractivity contribution in [1.82, 2.24) is 10.3 Å². The summed E-state index contributed by atoms with van der Waals surface area (Å²) < 4.78 is 5.50. The van der Waals surface area contributed by atoms with Gasteiger partial charge in [-0.1, -0.05) is 55.5 Å². The van der Waals surface area contributed by atoms with Gasteiger partial charge in [0, 0.05) is 17.6 Å². The highest BCUT2D eigenvalue weighted by atomic mass is 16.5. The van der Waals surface area contributed by atoms with Crippen molar-refractivity contribution >= 4 is 22.8 Å². The van der Waals surface area contributed by atoms with Crippen LogP contribution in [0.2, 0.25) is 0 Å². The molecule has 144 valence electrons. The van der Waals surface area contributed by atoms with Gasteiger partial charge in [0.15, 0.2) is 6.10 Å². The van der Waals surface area contributed by atoms with Crippen molar-refractivity contribution in [2.45, 2.75) is 39.8 Å². The van der Waals surface area contributed by atoms with E-state index in [9.17, 15) is 9.59 Å². The van der Waals surface area contributed by atoms with Crippen LogP contribution in [0.1, 0.15) is 41.0 Å². The molecule has 1 heterocycles. The molecule has 0 aliphatic rings. The number of esters is 1. The fourth-order valence-corrected chi connectivity index (χ4v) is 3.17.